The van der Waals surface area contributed by atoms with Gasteiger partial charge in [0.15, 0.2) is 0 Å². The Morgan fingerprint density at radius 3 is 2.14 bits per heavy atom. The molecule has 1 saturated heterocycles. The summed E-state index contributed by atoms with van der Waals surface area (Å²) in [4.78, 5) is 28.4. The van der Waals surface area contributed by atoms with E-state index in [0.29, 0.717) is 49.6 Å². The minimum atomic E-state index is -1.14. The van der Waals surface area contributed by atoms with Crippen LogP contribution in [0.2, 0.25) is 5.02 Å². The number of aryl methyl sites for hydroxylation is 1. The normalized spacial score (nSPS) is 18.1. The Morgan fingerprint density at radius 1 is 0.964 bits per heavy atom. The SMILES string of the molecule is Cc1ccc(-c2ccc(C(=O)N3CCN(C(=O)C4(O)CC4)CC3)cc2)c(Cl)c1. The molecule has 0 spiro atoms. The van der Waals surface area contributed by atoms with Gasteiger partial charge in [0.1, 0.15) is 5.60 Å². The van der Waals surface area contributed by atoms with Crippen LogP contribution >= 0.6 is 11.6 Å². The summed E-state index contributed by atoms with van der Waals surface area (Å²) in [6.45, 7) is 3.88. The number of hydrogen-bond donors (Lipinski definition) is 1. The average Bonchev–Trinajstić information content (AvgIpc) is 3.46. The summed E-state index contributed by atoms with van der Waals surface area (Å²) in [5, 5.41) is 10.7. The van der Waals surface area contributed by atoms with Crippen LogP contribution in [0.5, 0.6) is 0 Å². The zero-order valence-corrected chi connectivity index (χ0v) is 16.6. The molecule has 2 amide bonds. The van der Waals surface area contributed by atoms with Crippen molar-refractivity contribution in [3.05, 3.63) is 58.6 Å². The van der Waals surface area contributed by atoms with Crippen molar-refractivity contribution < 1.29 is 14.7 Å². The van der Waals surface area contributed by atoms with Gasteiger partial charge in [-0.2, -0.15) is 0 Å². The number of carbonyl (C=O) groups excluding carboxylic acids is 2. The number of hydrogen-bond acceptors (Lipinski definition) is 3. The summed E-state index contributed by atoms with van der Waals surface area (Å²) in [6, 6.07) is 13.4. The molecule has 5 nitrogen and oxygen atoms in total. The first kappa shape index (κ1) is 19.0. The zero-order valence-electron chi connectivity index (χ0n) is 15.8. The maximum absolute atomic E-state index is 12.8. The van der Waals surface area contributed by atoms with Crippen molar-refractivity contribution in [1.82, 2.24) is 9.80 Å². The van der Waals surface area contributed by atoms with Gasteiger partial charge in [-0.3, -0.25) is 9.59 Å². The van der Waals surface area contributed by atoms with Gasteiger partial charge in [-0.1, -0.05) is 35.9 Å². The van der Waals surface area contributed by atoms with Crippen molar-refractivity contribution in [2.45, 2.75) is 25.4 Å². The van der Waals surface area contributed by atoms with Crippen LogP contribution in [-0.4, -0.2) is 58.5 Å². The van der Waals surface area contributed by atoms with Gasteiger partial charge in [-0.25, -0.2) is 0 Å². The fraction of sp³-hybridized carbons (Fsp3) is 0.364. The molecule has 1 N–H and O–H groups in total. The monoisotopic (exact) mass is 398 g/mol. The van der Waals surface area contributed by atoms with Crippen molar-refractivity contribution in [2.24, 2.45) is 0 Å². The molecule has 0 unspecified atom stereocenters. The van der Waals surface area contributed by atoms with E-state index in [0.717, 1.165) is 16.7 Å². The van der Waals surface area contributed by atoms with Gasteiger partial charge in [0.05, 0.1) is 0 Å². The fourth-order valence-electron chi connectivity index (χ4n) is 3.57. The third-order valence-electron chi connectivity index (χ3n) is 5.54. The van der Waals surface area contributed by atoms with Crippen LogP contribution in [0.4, 0.5) is 0 Å². The summed E-state index contributed by atoms with van der Waals surface area (Å²) in [7, 11) is 0. The second kappa shape index (κ2) is 7.22. The Morgan fingerprint density at radius 2 is 1.57 bits per heavy atom. The quantitative estimate of drug-likeness (QED) is 0.864. The van der Waals surface area contributed by atoms with E-state index < -0.39 is 5.60 Å². The first-order valence-electron chi connectivity index (χ1n) is 9.55. The molecule has 1 heterocycles. The van der Waals surface area contributed by atoms with Crippen LogP contribution in [0, 0.1) is 6.92 Å². The number of benzene rings is 2. The predicted molar refractivity (Wildman–Crippen MR) is 108 cm³/mol. The Labute approximate surface area is 169 Å². The van der Waals surface area contributed by atoms with Crippen molar-refractivity contribution in [1.29, 1.82) is 0 Å². The maximum Gasteiger partial charge on any atom is 0.254 e. The number of halogens is 1. The van der Waals surface area contributed by atoms with Crippen molar-refractivity contribution in [3.63, 3.8) is 0 Å². The van der Waals surface area contributed by atoms with Crippen LogP contribution in [0.3, 0.4) is 0 Å². The Kier molecular flexibility index (Phi) is 4.89. The lowest BCUT2D eigenvalue weighted by atomic mass is 10.0. The average molecular weight is 399 g/mol. The highest BCUT2D eigenvalue weighted by Crippen LogP contribution is 2.37. The van der Waals surface area contributed by atoms with E-state index in [-0.39, 0.29) is 11.8 Å². The summed E-state index contributed by atoms with van der Waals surface area (Å²) in [5.74, 6) is -0.238. The Bertz CT molecular complexity index is 914. The van der Waals surface area contributed by atoms with Crippen LogP contribution in [-0.2, 0) is 4.79 Å². The third kappa shape index (κ3) is 3.64. The molecule has 0 aromatic heterocycles. The van der Waals surface area contributed by atoms with Crippen molar-refractivity contribution in [2.75, 3.05) is 26.2 Å². The van der Waals surface area contributed by atoms with E-state index in [2.05, 4.69) is 0 Å². The molecule has 1 aliphatic heterocycles. The standard InChI is InChI=1S/C22H23ClN2O3/c1-15-2-7-18(19(23)14-15)16-3-5-17(6-4-16)20(26)24-10-12-25(13-11-24)21(27)22(28)8-9-22/h2-7,14,28H,8-13H2,1H3. The Balaban J connectivity index is 1.41. The van der Waals surface area contributed by atoms with Crippen LogP contribution < -0.4 is 0 Å². The smallest absolute Gasteiger partial charge is 0.254 e. The van der Waals surface area contributed by atoms with Crippen molar-refractivity contribution in [3.8, 4) is 11.1 Å². The number of rotatable bonds is 3. The first-order valence-corrected chi connectivity index (χ1v) is 9.93. The number of piperazine rings is 1. The molecule has 6 heteroatoms. The van der Waals surface area contributed by atoms with Gasteiger partial charge < -0.3 is 14.9 Å². The molecule has 0 radical (unpaired) electrons. The molecule has 28 heavy (non-hydrogen) atoms. The highest BCUT2D eigenvalue weighted by Gasteiger charge is 2.50. The maximum atomic E-state index is 12.8. The van der Waals surface area contributed by atoms with E-state index in [9.17, 15) is 14.7 Å². The van der Waals surface area contributed by atoms with Crippen molar-refractivity contribution >= 4 is 23.4 Å². The first-order chi connectivity index (χ1) is 13.4. The van der Waals surface area contributed by atoms with Gasteiger partial charge >= 0.3 is 0 Å². The highest BCUT2D eigenvalue weighted by molar-refractivity contribution is 6.33. The summed E-state index contributed by atoms with van der Waals surface area (Å²) < 4.78 is 0. The van der Waals surface area contributed by atoms with Gasteiger partial charge in [-0.15, -0.1) is 0 Å². The molecule has 0 atom stereocenters. The molecule has 2 aliphatic rings. The Hall–Kier alpha value is -2.37. The third-order valence-corrected chi connectivity index (χ3v) is 5.86. The number of aliphatic hydroxyl groups is 1. The van der Waals surface area contributed by atoms with E-state index in [4.69, 9.17) is 11.6 Å². The molecule has 0 bridgehead atoms. The number of carbonyl (C=O) groups is 2. The topological polar surface area (TPSA) is 60.9 Å². The molecule has 4 rings (SSSR count). The second-order valence-electron chi connectivity index (χ2n) is 7.68. The molecule has 1 saturated carbocycles. The number of nitrogens with zero attached hydrogens (tertiary/aromatic N) is 2. The zero-order chi connectivity index (χ0) is 19.9. The summed E-state index contributed by atoms with van der Waals surface area (Å²) in [6.07, 6.45) is 1.09. The molecule has 2 aromatic rings. The van der Waals surface area contributed by atoms with Gasteiger partial charge in [0.2, 0.25) is 0 Å². The molecule has 2 aromatic carbocycles. The summed E-state index contributed by atoms with van der Waals surface area (Å²) in [5.41, 5.74) is 2.49. The minimum Gasteiger partial charge on any atom is -0.380 e. The van der Waals surface area contributed by atoms with Crippen LogP contribution in [0.15, 0.2) is 42.5 Å². The molecular weight excluding hydrogens is 376 g/mol. The van der Waals surface area contributed by atoms with Crippen LogP contribution in [0.1, 0.15) is 28.8 Å². The van der Waals surface area contributed by atoms with E-state index >= 15 is 0 Å². The predicted octanol–water partition coefficient (Wildman–Crippen LogP) is 3.12. The van der Waals surface area contributed by atoms with Gasteiger partial charge in [0.25, 0.3) is 11.8 Å². The lowest BCUT2D eigenvalue weighted by Crippen LogP contribution is -2.53. The molecule has 1 aliphatic carbocycles. The molecule has 2 fully saturated rings. The highest BCUT2D eigenvalue weighted by atomic mass is 35.5. The fourth-order valence-corrected chi connectivity index (χ4v) is 3.91. The number of amides is 2. The van der Waals surface area contributed by atoms with Gasteiger partial charge in [0, 0.05) is 42.3 Å². The van der Waals surface area contributed by atoms with E-state index in [1.165, 1.54) is 0 Å². The lowest BCUT2D eigenvalue weighted by Gasteiger charge is -2.35. The summed E-state index contributed by atoms with van der Waals surface area (Å²) >= 11 is 6.34. The van der Waals surface area contributed by atoms with Crippen LogP contribution in [0.25, 0.3) is 11.1 Å². The van der Waals surface area contributed by atoms with Gasteiger partial charge in [-0.05, 0) is 49.1 Å². The largest absolute Gasteiger partial charge is 0.380 e. The van der Waals surface area contributed by atoms with E-state index in [1.54, 1.807) is 9.80 Å². The molecular formula is C22H23ClN2O3. The lowest BCUT2D eigenvalue weighted by molar-refractivity contribution is -0.143. The second-order valence-corrected chi connectivity index (χ2v) is 8.08. The van der Waals surface area contributed by atoms with E-state index in [1.807, 2.05) is 49.4 Å². The minimum absolute atomic E-state index is 0.0428. The molecule has 146 valence electrons.